The highest BCUT2D eigenvalue weighted by Gasteiger charge is 2.28. The van der Waals surface area contributed by atoms with E-state index < -0.39 is 30.8 Å². The quantitative estimate of drug-likeness (QED) is 0.0816. The van der Waals surface area contributed by atoms with Gasteiger partial charge >= 0.3 is 11.9 Å². The fourth-order valence-corrected chi connectivity index (χ4v) is 4.62. The monoisotopic (exact) mass is 698 g/mol. The predicted molar refractivity (Wildman–Crippen MR) is 189 cm³/mol. The Labute approximate surface area is 294 Å². The van der Waals surface area contributed by atoms with Gasteiger partial charge in [0, 0.05) is 12.2 Å². The van der Waals surface area contributed by atoms with Crippen LogP contribution in [0.2, 0.25) is 0 Å². The number of aliphatic hydroxyl groups excluding tert-OH is 1. The molecule has 0 unspecified atom stereocenters. The molecule has 12 nitrogen and oxygen atoms in total. The predicted octanol–water partition coefficient (Wildman–Crippen LogP) is 5.84. The average molecular weight is 699 g/mol. The molecule has 0 aromatic heterocycles. The van der Waals surface area contributed by atoms with Crippen LogP contribution in [0.3, 0.4) is 0 Å². The molecule has 12 heteroatoms. The van der Waals surface area contributed by atoms with Crippen molar-refractivity contribution in [1.82, 2.24) is 0 Å². The lowest BCUT2D eigenvalue weighted by Crippen LogP contribution is -2.31. The van der Waals surface area contributed by atoms with Crippen molar-refractivity contribution in [3.05, 3.63) is 119 Å². The van der Waals surface area contributed by atoms with Gasteiger partial charge in [-0.05, 0) is 89.0 Å². The molecule has 0 aliphatic rings. The molecule has 0 saturated heterocycles. The van der Waals surface area contributed by atoms with Crippen molar-refractivity contribution < 1.29 is 58.4 Å². The van der Waals surface area contributed by atoms with Gasteiger partial charge in [0.05, 0.1) is 21.3 Å². The van der Waals surface area contributed by atoms with Crippen LogP contribution in [-0.4, -0.2) is 73.0 Å². The molecule has 2 atom stereocenters. The number of benzene rings is 4. The molecule has 0 aliphatic carbocycles. The first kappa shape index (κ1) is 37.4. The van der Waals surface area contributed by atoms with Crippen LogP contribution in [-0.2, 0) is 19.1 Å². The van der Waals surface area contributed by atoms with Gasteiger partial charge in [0.2, 0.25) is 5.75 Å². The summed E-state index contributed by atoms with van der Waals surface area (Å²) >= 11 is 0. The van der Waals surface area contributed by atoms with Crippen molar-refractivity contribution in [3.8, 4) is 40.2 Å². The first-order valence-corrected chi connectivity index (χ1v) is 15.5. The average Bonchev–Trinajstić information content (AvgIpc) is 3.14. The second-order valence-corrected chi connectivity index (χ2v) is 10.8. The molecule has 4 aromatic rings. The summed E-state index contributed by atoms with van der Waals surface area (Å²) in [6, 6.07) is 20.1. The summed E-state index contributed by atoms with van der Waals surface area (Å²) in [4.78, 5) is 24.8. The third-order valence-electron chi connectivity index (χ3n) is 7.28. The van der Waals surface area contributed by atoms with Gasteiger partial charge in [0.1, 0.15) is 30.8 Å². The van der Waals surface area contributed by atoms with Crippen LogP contribution in [0, 0.1) is 0 Å². The minimum Gasteiger partial charge on any atom is -0.508 e. The van der Waals surface area contributed by atoms with Crippen LogP contribution in [0.1, 0.15) is 28.4 Å². The van der Waals surface area contributed by atoms with Gasteiger partial charge in [-0.25, -0.2) is 9.59 Å². The number of aromatic hydroxyl groups is 3. The zero-order valence-electron chi connectivity index (χ0n) is 28.1. The molecule has 0 saturated carbocycles. The Morgan fingerprint density at radius 1 is 0.647 bits per heavy atom. The molecular formula is C39H38O12. The molecule has 0 radical (unpaired) electrons. The zero-order chi connectivity index (χ0) is 36.8. The van der Waals surface area contributed by atoms with Crippen molar-refractivity contribution in [2.45, 2.75) is 12.2 Å². The number of phenolic OH excluding ortho intramolecular Hbond substituents is 3. The molecule has 0 bridgehead atoms. The van der Waals surface area contributed by atoms with Crippen LogP contribution in [0.25, 0.3) is 18.2 Å². The number of phenols is 3. The Morgan fingerprint density at radius 3 is 1.71 bits per heavy atom. The van der Waals surface area contributed by atoms with E-state index in [1.54, 1.807) is 54.6 Å². The summed E-state index contributed by atoms with van der Waals surface area (Å²) in [5.41, 5.74) is 2.28. The summed E-state index contributed by atoms with van der Waals surface area (Å²) in [7, 11) is 4.21. The van der Waals surface area contributed by atoms with Crippen molar-refractivity contribution in [2.24, 2.45) is 0 Å². The molecule has 51 heavy (non-hydrogen) atoms. The maximum atomic E-state index is 12.7. The SMILES string of the molecule is COc1cc([C@@H](O)[C@H](COC(=O)/C=C/c2ccc(O)cc2)Oc2c(OC)cc(/C=C/COC(=O)/C=C/c3ccc(O)cc3)cc2OC)ccc1O. The Bertz CT molecular complexity index is 1840. The molecule has 4 aromatic carbocycles. The maximum absolute atomic E-state index is 12.7. The maximum Gasteiger partial charge on any atom is 0.331 e. The van der Waals surface area contributed by atoms with E-state index in [1.807, 2.05) is 0 Å². The van der Waals surface area contributed by atoms with E-state index in [9.17, 15) is 30.0 Å². The van der Waals surface area contributed by atoms with Crippen molar-refractivity contribution in [1.29, 1.82) is 0 Å². The number of hydrogen-bond donors (Lipinski definition) is 4. The van der Waals surface area contributed by atoms with Gasteiger partial charge in [0.25, 0.3) is 0 Å². The lowest BCUT2D eigenvalue weighted by molar-refractivity contribution is -0.142. The topological polar surface area (TPSA) is 170 Å². The fraction of sp³-hybridized carbons (Fsp3) is 0.179. The first-order chi connectivity index (χ1) is 24.6. The highest BCUT2D eigenvalue weighted by molar-refractivity contribution is 5.87. The minimum absolute atomic E-state index is 0.0292. The third kappa shape index (κ3) is 11.1. The van der Waals surface area contributed by atoms with E-state index in [0.29, 0.717) is 16.7 Å². The number of hydrogen-bond acceptors (Lipinski definition) is 12. The lowest BCUT2D eigenvalue weighted by Gasteiger charge is -2.26. The van der Waals surface area contributed by atoms with Gasteiger partial charge in [-0.15, -0.1) is 0 Å². The summed E-state index contributed by atoms with van der Waals surface area (Å²) in [5.74, 6) is -0.535. The van der Waals surface area contributed by atoms with E-state index in [4.69, 9.17) is 28.4 Å². The molecule has 0 aliphatic heterocycles. The zero-order valence-corrected chi connectivity index (χ0v) is 28.1. The molecule has 0 fully saturated rings. The van der Waals surface area contributed by atoms with Crippen molar-refractivity contribution in [2.75, 3.05) is 34.5 Å². The van der Waals surface area contributed by atoms with E-state index in [2.05, 4.69) is 0 Å². The molecule has 0 heterocycles. The van der Waals surface area contributed by atoms with Gasteiger partial charge in [-0.2, -0.15) is 0 Å². The molecule has 4 N–H and O–H groups in total. The molecule has 4 rings (SSSR count). The second-order valence-electron chi connectivity index (χ2n) is 10.8. The van der Waals surface area contributed by atoms with Gasteiger partial charge < -0.3 is 48.8 Å². The standard InChI is InChI=1S/C39H38O12/c1-46-32-23-28(12-17-31(32)42)38(45)35(24-50-37(44)19-11-26-8-15-30(41)16-9-26)51-39-33(47-2)21-27(22-34(39)48-3)5-4-20-49-36(43)18-10-25-6-13-29(40)14-7-25/h4-19,21-23,35,38,40-42,45H,20,24H2,1-3H3/b5-4+,18-10+,19-11+/t35-,38+/m0/s1. The molecule has 266 valence electrons. The molecule has 0 amide bonds. The Kier molecular flexibility index (Phi) is 13.5. The highest BCUT2D eigenvalue weighted by Crippen LogP contribution is 2.41. The summed E-state index contributed by atoms with van der Waals surface area (Å²) in [6.07, 6.45) is 6.26. The smallest absolute Gasteiger partial charge is 0.331 e. The number of rotatable bonds is 16. The van der Waals surface area contributed by atoms with Crippen LogP contribution >= 0.6 is 0 Å². The van der Waals surface area contributed by atoms with Crippen LogP contribution < -0.4 is 18.9 Å². The summed E-state index contributed by atoms with van der Waals surface area (Å²) in [6.45, 7) is -0.442. The van der Waals surface area contributed by atoms with E-state index in [1.165, 1.54) is 82.0 Å². The first-order valence-electron chi connectivity index (χ1n) is 15.5. The van der Waals surface area contributed by atoms with Gasteiger partial charge in [0.15, 0.2) is 29.1 Å². The minimum atomic E-state index is -1.39. The van der Waals surface area contributed by atoms with Crippen LogP contribution in [0.5, 0.6) is 40.2 Å². The summed E-state index contributed by atoms with van der Waals surface area (Å²) < 4.78 is 33.3. The lowest BCUT2D eigenvalue weighted by atomic mass is 10.0. The third-order valence-corrected chi connectivity index (χ3v) is 7.28. The number of ether oxygens (including phenoxy) is 6. The van der Waals surface area contributed by atoms with Crippen molar-refractivity contribution >= 4 is 30.2 Å². The fourth-order valence-electron chi connectivity index (χ4n) is 4.62. The van der Waals surface area contributed by atoms with Crippen LogP contribution in [0.4, 0.5) is 0 Å². The number of esters is 2. The Morgan fingerprint density at radius 2 is 1.18 bits per heavy atom. The van der Waals surface area contributed by atoms with Gasteiger partial charge in [-0.1, -0.05) is 36.4 Å². The number of carbonyl (C=O) groups is 2. The highest BCUT2D eigenvalue weighted by atomic mass is 16.6. The number of aliphatic hydroxyl groups is 1. The largest absolute Gasteiger partial charge is 0.508 e. The molecular weight excluding hydrogens is 660 g/mol. The van der Waals surface area contributed by atoms with E-state index in [0.717, 1.165) is 5.56 Å². The number of carbonyl (C=O) groups excluding carboxylic acids is 2. The van der Waals surface area contributed by atoms with E-state index >= 15 is 0 Å². The normalized spacial score (nSPS) is 12.5. The van der Waals surface area contributed by atoms with Crippen molar-refractivity contribution in [3.63, 3.8) is 0 Å². The second kappa shape index (κ2) is 18.4. The van der Waals surface area contributed by atoms with Crippen LogP contribution in [0.15, 0.2) is 97.1 Å². The van der Waals surface area contributed by atoms with E-state index in [-0.39, 0.29) is 46.9 Å². The Balaban J connectivity index is 1.51. The number of methoxy groups -OCH3 is 3. The van der Waals surface area contributed by atoms with Gasteiger partial charge in [-0.3, -0.25) is 0 Å². The molecule has 0 spiro atoms. The summed E-state index contributed by atoms with van der Waals surface area (Å²) in [5, 5.41) is 40.4. The Hall–Kier alpha value is -6.40.